The van der Waals surface area contributed by atoms with Crippen molar-refractivity contribution in [3.8, 4) is 22.6 Å². The molecule has 3 aromatic carbocycles. The first-order chi connectivity index (χ1) is 13.0. The number of hydrogen-bond acceptors (Lipinski definition) is 3. The van der Waals surface area contributed by atoms with Crippen molar-refractivity contribution in [3.05, 3.63) is 83.2 Å². The molecule has 1 N–H and O–H groups in total. The molecule has 0 fully saturated rings. The normalized spacial score (nSPS) is 10.7. The van der Waals surface area contributed by atoms with Gasteiger partial charge in [0.2, 0.25) is 5.82 Å². The third-order valence-corrected chi connectivity index (χ3v) is 4.13. The van der Waals surface area contributed by atoms with Gasteiger partial charge in [-0.1, -0.05) is 24.3 Å². The summed E-state index contributed by atoms with van der Waals surface area (Å²) in [6.07, 6.45) is 0. The molecule has 3 aromatic rings. The fourth-order valence-electron chi connectivity index (χ4n) is 2.60. The lowest BCUT2D eigenvalue weighted by Gasteiger charge is -2.10. The number of benzene rings is 3. The summed E-state index contributed by atoms with van der Waals surface area (Å²) in [5.41, 5.74) is 1.67. The summed E-state index contributed by atoms with van der Waals surface area (Å²) in [6, 6.07) is 14.0. The molecule has 0 saturated heterocycles. The lowest BCUT2D eigenvalue weighted by atomic mass is 10.0. The summed E-state index contributed by atoms with van der Waals surface area (Å²) < 4.78 is 52.0. The second-order valence-corrected chi connectivity index (χ2v) is 5.84. The molecule has 0 amide bonds. The van der Waals surface area contributed by atoms with Crippen molar-refractivity contribution in [2.75, 3.05) is 7.11 Å². The van der Waals surface area contributed by atoms with Crippen LogP contribution < -0.4 is 9.47 Å². The van der Waals surface area contributed by atoms with Crippen molar-refractivity contribution in [2.24, 2.45) is 0 Å². The molecule has 0 heterocycles. The Balaban J connectivity index is 1.72. The number of halogens is 3. The first-order valence-electron chi connectivity index (χ1n) is 8.17. The Bertz CT molecular complexity index is 940. The van der Waals surface area contributed by atoms with Crippen LogP contribution >= 0.6 is 0 Å². The van der Waals surface area contributed by atoms with E-state index in [-0.39, 0.29) is 17.9 Å². The SMILES string of the molecule is COc1ccc(-c2ccc(COc3ccc(CO)c(F)c3F)cc2)c(F)c1. The number of hydrogen-bond donors (Lipinski definition) is 1. The standard InChI is InChI=1S/C21H17F3O3/c1-26-16-7-8-17(18(22)10-16)14-4-2-13(3-5-14)12-27-19-9-6-15(11-25)20(23)21(19)24/h2-10,25H,11-12H2,1H3. The molecule has 0 spiro atoms. The highest BCUT2D eigenvalue weighted by Crippen LogP contribution is 2.27. The molecular weight excluding hydrogens is 357 g/mol. The number of rotatable bonds is 6. The van der Waals surface area contributed by atoms with E-state index in [1.807, 2.05) is 0 Å². The van der Waals surface area contributed by atoms with E-state index in [1.165, 1.54) is 25.3 Å². The van der Waals surface area contributed by atoms with Crippen molar-refractivity contribution in [2.45, 2.75) is 13.2 Å². The average molecular weight is 374 g/mol. The fraction of sp³-hybridized carbons (Fsp3) is 0.143. The predicted octanol–water partition coefficient (Wildman–Crippen LogP) is 4.85. The zero-order valence-electron chi connectivity index (χ0n) is 14.5. The number of methoxy groups -OCH3 is 1. The molecule has 0 bridgehead atoms. The van der Waals surface area contributed by atoms with Gasteiger partial charge in [-0.05, 0) is 35.4 Å². The summed E-state index contributed by atoms with van der Waals surface area (Å²) in [4.78, 5) is 0. The summed E-state index contributed by atoms with van der Waals surface area (Å²) in [7, 11) is 1.47. The Morgan fingerprint density at radius 1 is 0.889 bits per heavy atom. The van der Waals surface area contributed by atoms with Gasteiger partial charge in [-0.15, -0.1) is 0 Å². The monoisotopic (exact) mass is 374 g/mol. The van der Waals surface area contributed by atoms with E-state index in [4.69, 9.17) is 14.6 Å². The average Bonchev–Trinajstić information content (AvgIpc) is 2.69. The Labute approximate surface area is 154 Å². The van der Waals surface area contributed by atoms with Crippen molar-refractivity contribution >= 4 is 0 Å². The molecular formula is C21H17F3O3. The maximum atomic E-state index is 14.1. The van der Waals surface area contributed by atoms with Crippen molar-refractivity contribution < 1.29 is 27.8 Å². The quantitative estimate of drug-likeness (QED) is 0.670. The lowest BCUT2D eigenvalue weighted by Crippen LogP contribution is -2.01. The molecule has 27 heavy (non-hydrogen) atoms. The minimum absolute atomic E-state index is 0.0141. The van der Waals surface area contributed by atoms with Crippen LogP contribution in [0.2, 0.25) is 0 Å². The van der Waals surface area contributed by atoms with Crippen LogP contribution in [-0.4, -0.2) is 12.2 Å². The fourth-order valence-corrected chi connectivity index (χ4v) is 2.60. The van der Waals surface area contributed by atoms with Crippen LogP contribution in [0.5, 0.6) is 11.5 Å². The van der Waals surface area contributed by atoms with Crippen LogP contribution in [0.25, 0.3) is 11.1 Å². The topological polar surface area (TPSA) is 38.7 Å². The summed E-state index contributed by atoms with van der Waals surface area (Å²) in [5, 5.41) is 8.93. The highest BCUT2D eigenvalue weighted by molar-refractivity contribution is 5.65. The van der Waals surface area contributed by atoms with Crippen LogP contribution in [0.1, 0.15) is 11.1 Å². The van der Waals surface area contributed by atoms with E-state index < -0.39 is 24.1 Å². The molecule has 6 heteroatoms. The molecule has 0 atom stereocenters. The van der Waals surface area contributed by atoms with E-state index in [0.717, 1.165) is 0 Å². The Hall–Kier alpha value is -2.99. The lowest BCUT2D eigenvalue weighted by molar-refractivity contribution is 0.264. The third kappa shape index (κ3) is 4.06. The van der Waals surface area contributed by atoms with Crippen molar-refractivity contribution in [1.29, 1.82) is 0 Å². The zero-order chi connectivity index (χ0) is 19.4. The zero-order valence-corrected chi connectivity index (χ0v) is 14.5. The smallest absolute Gasteiger partial charge is 0.200 e. The van der Waals surface area contributed by atoms with Crippen LogP contribution in [-0.2, 0) is 13.2 Å². The summed E-state index contributed by atoms with van der Waals surface area (Å²) >= 11 is 0. The largest absolute Gasteiger partial charge is 0.497 e. The first-order valence-corrected chi connectivity index (χ1v) is 8.17. The van der Waals surface area contributed by atoms with Crippen LogP contribution in [0.15, 0.2) is 54.6 Å². The highest BCUT2D eigenvalue weighted by Gasteiger charge is 2.14. The second-order valence-electron chi connectivity index (χ2n) is 5.84. The van der Waals surface area contributed by atoms with Crippen LogP contribution in [0.4, 0.5) is 13.2 Å². The van der Waals surface area contributed by atoms with Crippen LogP contribution in [0.3, 0.4) is 0 Å². The highest BCUT2D eigenvalue weighted by atomic mass is 19.2. The van der Waals surface area contributed by atoms with Gasteiger partial charge in [0, 0.05) is 17.2 Å². The van der Waals surface area contributed by atoms with E-state index in [1.54, 1.807) is 36.4 Å². The van der Waals surface area contributed by atoms with Gasteiger partial charge in [0.25, 0.3) is 0 Å². The van der Waals surface area contributed by atoms with Crippen molar-refractivity contribution in [1.82, 2.24) is 0 Å². The number of ether oxygens (including phenoxy) is 2. The van der Waals surface area contributed by atoms with Crippen LogP contribution in [0, 0.1) is 17.5 Å². The van der Waals surface area contributed by atoms with Gasteiger partial charge < -0.3 is 14.6 Å². The van der Waals surface area contributed by atoms with Gasteiger partial charge in [0.05, 0.1) is 13.7 Å². The molecule has 140 valence electrons. The van der Waals surface area contributed by atoms with E-state index in [2.05, 4.69) is 0 Å². The second kappa shape index (κ2) is 8.14. The maximum Gasteiger partial charge on any atom is 0.200 e. The molecule has 0 radical (unpaired) electrons. The predicted molar refractivity (Wildman–Crippen MR) is 95.0 cm³/mol. The number of aliphatic hydroxyl groups excluding tert-OH is 1. The molecule has 3 rings (SSSR count). The van der Waals surface area contributed by atoms with E-state index >= 15 is 0 Å². The van der Waals surface area contributed by atoms with E-state index in [9.17, 15) is 13.2 Å². The van der Waals surface area contributed by atoms with Gasteiger partial charge in [0.15, 0.2) is 11.6 Å². The van der Waals surface area contributed by atoms with E-state index in [0.29, 0.717) is 22.4 Å². The molecule has 0 unspecified atom stereocenters. The molecule has 3 nitrogen and oxygen atoms in total. The molecule has 0 saturated carbocycles. The van der Waals surface area contributed by atoms with Gasteiger partial charge in [0.1, 0.15) is 18.2 Å². The summed E-state index contributed by atoms with van der Waals surface area (Å²) in [5.74, 6) is -2.48. The number of aliphatic hydroxyl groups is 1. The Morgan fingerprint density at radius 2 is 1.63 bits per heavy atom. The summed E-state index contributed by atoms with van der Waals surface area (Å²) in [6.45, 7) is -0.577. The third-order valence-electron chi connectivity index (χ3n) is 4.13. The van der Waals surface area contributed by atoms with Gasteiger partial charge in [-0.3, -0.25) is 0 Å². The minimum Gasteiger partial charge on any atom is -0.497 e. The Kier molecular flexibility index (Phi) is 5.66. The van der Waals surface area contributed by atoms with Gasteiger partial charge >= 0.3 is 0 Å². The minimum atomic E-state index is -1.14. The van der Waals surface area contributed by atoms with Gasteiger partial charge in [-0.25, -0.2) is 8.78 Å². The Morgan fingerprint density at radius 3 is 2.26 bits per heavy atom. The molecule has 0 aliphatic heterocycles. The first kappa shape index (κ1) is 18.8. The van der Waals surface area contributed by atoms with Gasteiger partial charge in [-0.2, -0.15) is 4.39 Å². The molecule has 0 aliphatic carbocycles. The molecule has 0 aromatic heterocycles. The maximum absolute atomic E-state index is 14.1. The molecule has 0 aliphatic rings. The van der Waals surface area contributed by atoms with Crippen molar-refractivity contribution in [3.63, 3.8) is 0 Å².